The quantitative estimate of drug-likeness (QED) is 0.825. The van der Waals surface area contributed by atoms with Gasteiger partial charge in [-0.25, -0.2) is 0 Å². The highest BCUT2D eigenvalue weighted by molar-refractivity contribution is 9.10. The summed E-state index contributed by atoms with van der Waals surface area (Å²) in [6.45, 7) is 0.731. The molecule has 0 atom stereocenters. The molecule has 3 rings (SSSR count). The Kier molecular flexibility index (Phi) is 2.88. The Labute approximate surface area is 119 Å². The van der Waals surface area contributed by atoms with Crippen LogP contribution in [-0.4, -0.2) is 5.84 Å². The third-order valence-corrected chi connectivity index (χ3v) is 3.94. The topological polar surface area (TPSA) is 27.1 Å². The fraction of sp³-hybridized carbons (Fsp3) is 0.0714. The summed E-state index contributed by atoms with van der Waals surface area (Å²) in [4.78, 5) is 1.98. The molecule has 90 valence electrons. The molecule has 0 fully saturated rings. The molecule has 0 aromatic heterocycles. The summed E-state index contributed by atoms with van der Waals surface area (Å²) in [7, 11) is 0. The molecule has 1 aliphatic rings. The van der Waals surface area contributed by atoms with Crippen LogP contribution in [0.25, 0.3) is 0 Å². The van der Waals surface area contributed by atoms with Crippen LogP contribution in [0.1, 0.15) is 11.1 Å². The summed E-state index contributed by atoms with van der Waals surface area (Å²) < 4.78 is 0.910. The number of amidine groups is 1. The molecule has 1 N–H and O–H groups in total. The Morgan fingerprint density at radius 2 is 1.94 bits per heavy atom. The third-order valence-electron chi connectivity index (χ3n) is 3.07. The van der Waals surface area contributed by atoms with Gasteiger partial charge in [-0.15, -0.1) is 0 Å². The lowest BCUT2D eigenvalue weighted by atomic mass is 10.1. The van der Waals surface area contributed by atoms with Crippen molar-refractivity contribution in [1.82, 2.24) is 0 Å². The van der Waals surface area contributed by atoms with Gasteiger partial charge in [0.25, 0.3) is 0 Å². The Bertz CT molecular complexity index is 639. The van der Waals surface area contributed by atoms with E-state index in [2.05, 4.69) is 22.0 Å². The zero-order valence-corrected chi connectivity index (χ0v) is 11.8. The van der Waals surface area contributed by atoms with E-state index in [-0.39, 0.29) is 0 Å². The number of rotatable bonds is 1. The minimum atomic E-state index is 0.536. The van der Waals surface area contributed by atoms with Crippen LogP contribution in [0.5, 0.6) is 0 Å². The van der Waals surface area contributed by atoms with Gasteiger partial charge in [0.1, 0.15) is 5.84 Å². The predicted molar refractivity (Wildman–Crippen MR) is 78.6 cm³/mol. The summed E-state index contributed by atoms with van der Waals surface area (Å²) in [6, 6.07) is 13.7. The van der Waals surface area contributed by atoms with E-state index in [0.29, 0.717) is 10.9 Å². The van der Waals surface area contributed by atoms with Crippen LogP contribution < -0.4 is 4.90 Å². The molecule has 0 saturated heterocycles. The molecule has 2 aromatic rings. The van der Waals surface area contributed by atoms with Crippen molar-refractivity contribution in [1.29, 1.82) is 5.41 Å². The molecule has 0 bridgehead atoms. The predicted octanol–water partition coefficient (Wildman–Crippen LogP) is 4.45. The number of fused-ring (bicyclic) bond motifs is 1. The van der Waals surface area contributed by atoms with Gasteiger partial charge in [0.15, 0.2) is 0 Å². The number of nitrogens with one attached hydrogen (secondary N) is 1. The van der Waals surface area contributed by atoms with E-state index in [1.807, 2.05) is 41.3 Å². The maximum Gasteiger partial charge on any atom is 0.133 e. The molecule has 0 unspecified atom stereocenters. The summed E-state index contributed by atoms with van der Waals surface area (Å²) in [5, 5.41) is 8.94. The molecule has 0 amide bonds. The van der Waals surface area contributed by atoms with Crippen molar-refractivity contribution in [3.05, 3.63) is 63.1 Å². The molecule has 0 radical (unpaired) electrons. The van der Waals surface area contributed by atoms with Crippen LogP contribution in [-0.2, 0) is 6.54 Å². The summed E-state index contributed by atoms with van der Waals surface area (Å²) in [5.74, 6) is 0.536. The molecule has 18 heavy (non-hydrogen) atoms. The van der Waals surface area contributed by atoms with Gasteiger partial charge in [-0.1, -0.05) is 35.9 Å². The second-order valence-electron chi connectivity index (χ2n) is 4.19. The Hall–Kier alpha value is -1.32. The van der Waals surface area contributed by atoms with E-state index in [4.69, 9.17) is 17.0 Å². The lowest BCUT2D eigenvalue weighted by Gasteiger charge is -2.19. The molecule has 4 heteroatoms. The highest BCUT2D eigenvalue weighted by Gasteiger charge is 2.25. The Morgan fingerprint density at radius 1 is 1.17 bits per heavy atom. The van der Waals surface area contributed by atoms with Crippen molar-refractivity contribution in [2.24, 2.45) is 0 Å². The number of nitrogens with zero attached hydrogens (tertiary/aromatic N) is 1. The fourth-order valence-electron chi connectivity index (χ4n) is 2.19. The van der Waals surface area contributed by atoms with Crippen LogP contribution in [0, 0.1) is 5.41 Å². The lowest BCUT2D eigenvalue weighted by molar-refractivity contribution is 1.04. The van der Waals surface area contributed by atoms with Crippen LogP contribution in [0.4, 0.5) is 5.69 Å². The van der Waals surface area contributed by atoms with Crippen LogP contribution in [0.2, 0.25) is 5.02 Å². The minimum Gasteiger partial charge on any atom is -0.321 e. The zero-order chi connectivity index (χ0) is 12.7. The first-order valence-electron chi connectivity index (χ1n) is 5.56. The standard InChI is InChI=1S/C14H10BrClN2/c15-12-7-10(16)5-6-13(12)18-8-9-3-1-2-4-11(9)14(18)17/h1-7,17H,8H2. The summed E-state index contributed by atoms with van der Waals surface area (Å²) >= 11 is 9.45. The number of hydrogen-bond acceptors (Lipinski definition) is 1. The molecule has 2 nitrogen and oxygen atoms in total. The number of anilines is 1. The summed E-state index contributed by atoms with van der Waals surface area (Å²) in [6.07, 6.45) is 0. The third kappa shape index (κ3) is 1.84. The minimum absolute atomic E-state index is 0.536. The largest absolute Gasteiger partial charge is 0.321 e. The zero-order valence-electron chi connectivity index (χ0n) is 9.45. The van der Waals surface area contributed by atoms with Crippen LogP contribution in [0.15, 0.2) is 46.9 Å². The normalized spacial score (nSPS) is 13.9. The van der Waals surface area contributed by atoms with E-state index in [1.54, 1.807) is 0 Å². The van der Waals surface area contributed by atoms with E-state index in [9.17, 15) is 0 Å². The molecule has 1 heterocycles. The van der Waals surface area contributed by atoms with Crippen molar-refractivity contribution in [3.8, 4) is 0 Å². The van der Waals surface area contributed by atoms with E-state index >= 15 is 0 Å². The molecule has 0 saturated carbocycles. The first kappa shape index (κ1) is 11.8. The Balaban J connectivity index is 2.04. The highest BCUT2D eigenvalue weighted by Crippen LogP contribution is 2.34. The van der Waals surface area contributed by atoms with Gasteiger partial charge in [0.2, 0.25) is 0 Å². The second-order valence-corrected chi connectivity index (χ2v) is 5.48. The van der Waals surface area contributed by atoms with Crippen LogP contribution in [0.3, 0.4) is 0 Å². The van der Waals surface area contributed by atoms with Crippen LogP contribution >= 0.6 is 27.5 Å². The number of benzene rings is 2. The van der Waals surface area contributed by atoms with Crippen molar-refractivity contribution in [3.63, 3.8) is 0 Å². The van der Waals surface area contributed by atoms with E-state index in [1.165, 1.54) is 5.56 Å². The van der Waals surface area contributed by atoms with Crippen molar-refractivity contribution in [2.75, 3.05) is 4.90 Å². The van der Waals surface area contributed by atoms with Gasteiger partial charge >= 0.3 is 0 Å². The first-order chi connectivity index (χ1) is 8.66. The fourth-order valence-corrected chi connectivity index (χ4v) is 3.09. The van der Waals surface area contributed by atoms with Crippen molar-refractivity contribution < 1.29 is 0 Å². The molecule has 1 aliphatic heterocycles. The number of hydrogen-bond donors (Lipinski definition) is 1. The van der Waals surface area contributed by atoms with Gasteiger partial charge in [0, 0.05) is 15.1 Å². The molecule has 0 aliphatic carbocycles. The molecular formula is C14H10BrClN2. The van der Waals surface area contributed by atoms with E-state index < -0.39 is 0 Å². The molecule has 0 spiro atoms. The SMILES string of the molecule is N=C1c2ccccc2CN1c1ccc(Cl)cc1Br. The van der Waals surface area contributed by atoms with Gasteiger partial charge in [0.05, 0.1) is 12.2 Å². The van der Waals surface area contributed by atoms with Gasteiger partial charge in [-0.3, -0.25) is 5.41 Å². The van der Waals surface area contributed by atoms with Crippen molar-refractivity contribution in [2.45, 2.75) is 6.54 Å². The second kappa shape index (κ2) is 4.41. The van der Waals surface area contributed by atoms with E-state index in [0.717, 1.165) is 22.3 Å². The average Bonchev–Trinajstić information content (AvgIpc) is 2.68. The highest BCUT2D eigenvalue weighted by atomic mass is 79.9. The van der Waals surface area contributed by atoms with Crippen molar-refractivity contribution >= 4 is 39.1 Å². The maximum atomic E-state index is 8.25. The first-order valence-corrected chi connectivity index (χ1v) is 6.73. The molecule has 2 aromatic carbocycles. The molecular weight excluding hydrogens is 312 g/mol. The lowest BCUT2D eigenvalue weighted by Crippen LogP contribution is -2.23. The maximum absolute atomic E-state index is 8.25. The van der Waals surface area contributed by atoms with Gasteiger partial charge in [-0.2, -0.15) is 0 Å². The van der Waals surface area contributed by atoms with Gasteiger partial charge < -0.3 is 4.90 Å². The number of halogens is 2. The summed E-state index contributed by atoms with van der Waals surface area (Å²) in [5.41, 5.74) is 3.16. The average molecular weight is 322 g/mol. The smallest absolute Gasteiger partial charge is 0.133 e. The Morgan fingerprint density at radius 3 is 2.67 bits per heavy atom. The monoisotopic (exact) mass is 320 g/mol. The van der Waals surface area contributed by atoms with Gasteiger partial charge in [-0.05, 0) is 39.7 Å².